The predicted octanol–water partition coefficient (Wildman–Crippen LogP) is 3.68. The largest absolute Gasteiger partial charge is 0.507 e. The fourth-order valence-corrected chi connectivity index (χ4v) is 3.23. The molecule has 2 aromatic rings. The summed E-state index contributed by atoms with van der Waals surface area (Å²) in [5.74, 6) is 1.34. The molecule has 1 amide bonds. The van der Waals surface area contributed by atoms with Crippen molar-refractivity contribution in [2.75, 3.05) is 19.8 Å². The van der Waals surface area contributed by atoms with Crippen molar-refractivity contribution in [1.82, 2.24) is 9.88 Å². The predicted molar refractivity (Wildman–Crippen MR) is 115 cm³/mol. The molecule has 6 nitrogen and oxygen atoms in total. The van der Waals surface area contributed by atoms with Gasteiger partial charge in [0.1, 0.15) is 11.6 Å². The van der Waals surface area contributed by atoms with Crippen LogP contribution in [0.4, 0.5) is 5.82 Å². The van der Waals surface area contributed by atoms with E-state index in [1.165, 1.54) is 42.4 Å². The summed E-state index contributed by atoms with van der Waals surface area (Å²) in [4.78, 5) is 15.1. The summed E-state index contributed by atoms with van der Waals surface area (Å²) in [6, 6.07) is 9.12. The van der Waals surface area contributed by atoms with E-state index in [0.29, 0.717) is 23.0 Å². The van der Waals surface area contributed by atoms with Gasteiger partial charge in [0.2, 0.25) is 5.91 Å². The van der Waals surface area contributed by atoms with Gasteiger partial charge in [-0.3, -0.25) is 4.79 Å². The monoisotopic (exact) mass is 382 g/mol. The van der Waals surface area contributed by atoms with Crippen LogP contribution in [-0.2, 0) is 4.79 Å². The number of para-hydroxylation sites is 1. The molecule has 6 heteroatoms. The first-order valence-electron chi connectivity index (χ1n) is 9.41. The van der Waals surface area contributed by atoms with E-state index in [1.807, 2.05) is 12.1 Å². The van der Waals surface area contributed by atoms with E-state index in [-0.39, 0.29) is 11.7 Å². The van der Waals surface area contributed by atoms with Crippen LogP contribution in [-0.4, -0.2) is 35.0 Å². The number of likely N-dealkylation sites (N-methyl/N-ethyl adjacent to an activating group) is 1. The second-order valence-electron chi connectivity index (χ2n) is 7.13. The number of anilines is 1. The highest BCUT2D eigenvalue weighted by Crippen LogP contribution is 2.35. The van der Waals surface area contributed by atoms with Crippen LogP contribution in [0.3, 0.4) is 0 Å². The van der Waals surface area contributed by atoms with Gasteiger partial charge in [0, 0.05) is 36.6 Å². The second kappa shape index (κ2) is 9.69. The molecule has 1 aromatic carbocycles. The number of carbonyl (C=O) groups is 1. The fourth-order valence-electron chi connectivity index (χ4n) is 3.23. The third kappa shape index (κ3) is 5.42. The number of hydrogen-bond acceptors (Lipinski definition) is 4. The van der Waals surface area contributed by atoms with Crippen LogP contribution in [0.2, 0.25) is 0 Å². The third-order valence-electron chi connectivity index (χ3n) is 4.84. The zero-order chi connectivity index (χ0) is 20.7. The molecule has 1 heterocycles. The Balaban J connectivity index is 0.000000345. The number of phenolic OH excluding ortho intramolecular Hbond substituents is 1. The standard InChI is InChI=1S/C17H21N3O.C5H9NO/c18-14(13-7-3-4-8-16(13)21)9-12-10-15(20-17(12)19)11-5-1-2-6-11;1-4-5(7)6(2)3/h3-4,7-11,20-21H,1-2,5-6,18-19H2;4H,1H2,2-3H3/b14-9-;. The van der Waals surface area contributed by atoms with Crippen LogP contribution in [0.1, 0.15) is 48.4 Å². The van der Waals surface area contributed by atoms with E-state index < -0.39 is 0 Å². The minimum atomic E-state index is -0.0556. The Morgan fingerprint density at radius 1 is 1.29 bits per heavy atom. The molecule has 150 valence electrons. The normalized spacial score (nSPS) is 14.3. The van der Waals surface area contributed by atoms with Crippen LogP contribution in [0.15, 0.2) is 43.0 Å². The van der Waals surface area contributed by atoms with Crippen molar-refractivity contribution in [1.29, 1.82) is 0 Å². The van der Waals surface area contributed by atoms with Crippen molar-refractivity contribution >= 4 is 23.5 Å². The van der Waals surface area contributed by atoms with Gasteiger partial charge in [0.25, 0.3) is 0 Å². The van der Waals surface area contributed by atoms with Gasteiger partial charge in [-0.25, -0.2) is 0 Å². The van der Waals surface area contributed by atoms with Gasteiger partial charge < -0.3 is 26.5 Å². The summed E-state index contributed by atoms with van der Waals surface area (Å²) in [5.41, 5.74) is 15.4. The lowest BCUT2D eigenvalue weighted by molar-refractivity contribution is -0.123. The average molecular weight is 383 g/mol. The van der Waals surface area contributed by atoms with Crippen LogP contribution < -0.4 is 11.5 Å². The number of nitrogens with one attached hydrogen (secondary N) is 1. The number of nitrogen functional groups attached to an aromatic ring is 1. The lowest BCUT2D eigenvalue weighted by atomic mass is 10.0. The molecule has 0 aliphatic heterocycles. The summed E-state index contributed by atoms with van der Waals surface area (Å²) in [6.45, 7) is 3.29. The first kappa shape index (κ1) is 21.2. The van der Waals surface area contributed by atoms with E-state index in [4.69, 9.17) is 11.5 Å². The molecule has 0 saturated heterocycles. The summed E-state index contributed by atoms with van der Waals surface area (Å²) >= 11 is 0. The maximum absolute atomic E-state index is 10.3. The molecule has 1 fully saturated rings. The van der Waals surface area contributed by atoms with Gasteiger partial charge in [-0.2, -0.15) is 0 Å². The molecule has 0 atom stereocenters. The molecule has 3 rings (SSSR count). The van der Waals surface area contributed by atoms with Crippen LogP contribution >= 0.6 is 0 Å². The molecule has 0 bridgehead atoms. The number of benzene rings is 1. The Hall–Kier alpha value is -3.15. The lowest BCUT2D eigenvalue weighted by Crippen LogP contribution is -2.18. The van der Waals surface area contributed by atoms with Gasteiger partial charge in [-0.1, -0.05) is 31.6 Å². The maximum atomic E-state index is 10.3. The number of rotatable bonds is 4. The smallest absolute Gasteiger partial charge is 0.245 e. The zero-order valence-electron chi connectivity index (χ0n) is 16.6. The Morgan fingerprint density at radius 3 is 2.46 bits per heavy atom. The number of aromatic nitrogens is 1. The fraction of sp³-hybridized carbons (Fsp3) is 0.318. The molecular weight excluding hydrogens is 352 g/mol. The topological polar surface area (TPSA) is 108 Å². The number of phenols is 1. The van der Waals surface area contributed by atoms with Crippen molar-refractivity contribution < 1.29 is 9.90 Å². The third-order valence-corrected chi connectivity index (χ3v) is 4.84. The average Bonchev–Trinajstić information content (AvgIpc) is 3.32. The second-order valence-corrected chi connectivity index (χ2v) is 7.13. The zero-order valence-corrected chi connectivity index (χ0v) is 16.6. The van der Waals surface area contributed by atoms with Crippen molar-refractivity contribution in [2.45, 2.75) is 31.6 Å². The van der Waals surface area contributed by atoms with Gasteiger partial charge in [0.05, 0.1) is 0 Å². The number of carbonyl (C=O) groups excluding carboxylic acids is 1. The number of amides is 1. The molecule has 6 N–H and O–H groups in total. The molecule has 1 aliphatic rings. The van der Waals surface area contributed by atoms with E-state index in [1.54, 1.807) is 32.3 Å². The van der Waals surface area contributed by atoms with Crippen molar-refractivity contribution in [3.8, 4) is 5.75 Å². The van der Waals surface area contributed by atoms with Gasteiger partial charge >= 0.3 is 0 Å². The van der Waals surface area contributed by atoms with Gasteiger partial charge in [0.15, 0.2) is 0 Å². The molecule has 0 spiro atoms. The number of aromatic amines is 1. The van der Waals surface area contributed by atoms with Crippen molar-refractivity contribution in [2.24, 2.45) is 5.73 Å². The summed E-state index contributed by atoms with van der Waals surface area (Å²) in [6.07, 6.45) is 8.11. The highest BCUT2D eigenvalue weighted by atomic mass is 16.3. The van der Waals surface area contributed by atoms with E-state index >= 15 is 0 Å². The number of hydrogen-bond donors (Lipinski definition) is 4. The molecule has 1 aromatic heterocycles. The molecule has 1 aliphatic carbocycles. The first-order valence-corrected chi connectivity index (χ1v) is 9.41. The molecule has 1 saturated carbocycles. The molecule has 0 unspecified atom stereocenters. The molecule has 28 heavy (non-hydrogen) atoms. The van der Waals surface area contributed by atoms with E-state index in [0.717, 1.165) is 5.56 Å². The Kier molecular flexibility index (Phi) is 7.32. The maximum Gasteiger partial charge on any atom is 0.245 e. The molecule has 0 radical (unpaired) electrons. The SMILES string of the molecule is C=CC(=O)N(C)C.N/C(=C\c1cc(C2CCCC2)[nH]c1N)c1ccccc1O. The van der Waals surface area contributed by atoms with Crippen LogP contribution in [0.25, 0.3) is 11.8 Å². The number of nitrogens with two attached hydrogens (primary N) is 2. The Bertz CT molecular complexity index is 846. The highest BCUT2D eigenvalue weighted by Gasteiger charge is 2.19. The van der Waals surface area contributed by atoms with Crippen LogP contribution in [0.5, 0.6) is 5.75 Å². The highest BCUT2D eigenvalue weighted by molar-refractivity contribution is 5.86. The lowest BCUT2D eigenvalue weighted by Gasteiger charge is -2.04. The summed E-state index contributed by atoms with van der Waals surface area (Å²) in [5, 5.41) is 9.85. The number of aromatic hydroxyl groups is 1. The Morgan fingerprint density at radius 2 is 1.93 bits per heavy atom. The van der Waals surface area contributed by atoms with E-state index in [9.17, 15) is 9.90 Å². The van der Waals surface area contributed by atoms with Crippen LogP contribution in [0, 0.1) is 0 Å². The van der Waals surface area contributed by atoms with Crippen molar-refractivity contribution in [3.63, 3.8) is 0 Å². The van der Waals surface area contributed by atoms with Gasteiger partial charge in [-0.15, -0.1) is 0 Å². The minimum absolute atomic E-state index is 0.0556. The number of H-pyrrole nitrogens is 1. The molecular formula is C22H30N4O2. The van der Waals surface area contributed by atoms with E-state index in [2.05, 4.69) is 17.6 Å². The number of nitrogens with zero attached hydrogens (tertiary/aromatic N) is 1. The van der Waals surface area contributed by atoms with Crippen molar-refractivity contribution in [3.05, 3.63) is 59.8 Å². The van der Waals surface area contributed by atoms with Gasteiger partial charge in [-0.05, 0) is 49.1 Å². The minimum Gasteiger partial charge on any atom is -0.507 e. The first-order chi connectivity index (χ1) is 13.3. The summed E-state index contributed by atoms with van der Waals surface area (Å²) < 4.78 is 0. The Labute approximate surface area is 166 Å². The quantitative estimate of drug-likeness (QED) is 0.605. The summed E-state index contributed by atoms with van der Waals surface area (Å²) in [7, 11) is 3.37.